The quantitative estimate of drug-likeness (QED) is 0.482. The molecule has 0 aromatic heterocycles. The normalized spacial score (nSPS) is 13.9. The highest BCUT2D eigenvalue weighted by Crippen LogP contribution is 2.37. The van der Waals surface area contributed by atoms with Crippen LogP contribution in [0.25, 0.3) is 5.57 Å². The summed E-state index contributed by atoms with van der Waals surface area (Å²) in [5.41, 5.74) is 7.73. The molecule has 32 heavy (non-hydrogen) atoms. The van der Waals surface area contributed by atoms with Crippen LogP contribution in [0.5, 0.6) is 0 Å². The molecule has 0 fully saturated rings. The predicted molar refractivity (Wildman–Crippen MR) is 131 cm³/mol. The molecule has 1 aliphatic heterocycles. The van der Waals surface area contributed by atoms with E-state index in [1.807, 2.05) is 77.1 Å². The van der Waals surface area contributed by atoms with E-state index >= 15 is 0 Å². The number of nitrogens with zero attached hydrogens (tertiary/aromatic N) is 1. The average Bonchev–Trinajstić information content (AvgIpc) is 2.99. The third-order valence-electron chi connectivity index (χ3n) is 6.16. The summed E-state index contributed by atoms with van der Waals surface area (Å²) in [6.45, 7) is 9.89. The number of hydrogen-bond donors (Lipinski definition) is 1. The second-order valence-electron chi connectivity index (χ2n) is 8.30. The van der Waals surface area contributed by atoms with E-state index in [-0.39, 0.29) is 11.6 Å². The van der Waals surface area contributed by atoms with Gasteiger partial charge < -0.3 is 5.32 Å². The maximum Gasteiger partial charge on any atom is 0.282 e. The number of rotatable bonds is 4. The summed E-state index contributed by atoms with van der Waals surface area (Å²) in [7, 11) is 0. The Labute approximate surface area is 193 Å². The molecule has 1 N–H and O–H groups in total. The van der Waals surface area contributed by atoms with Gasteiger partial charge in [0.05, 0.1) is 11.3 Å². The van der Waals surface area contributed by atoms with E-state index < -0.39 is 5.91 Å². The van der Waals surface area contributed by atoms with Crippen molar-refractivity contribution in [3.8, 4) is 0 Å². The molecular weight excluding hydrogens is 420 g/mol. The van der Waals surface area contributed by atoms with Crippen molar-refractivity contribution in [1.82, 2.24) is 0 Å². The molecule has 2 amide bonds. The Kier molecular flexibility index (Phi) is 5.66. The number of hydrogen-bond acceptors (Lipinski definition) is 3. The summed E-state index contributed by atoms with van der Waals surface area (Å²) in [6, 6.07) is 16.9. The van der Waals surface area contributed by atoms with Crippen LogP contribution in [0.1, 0.15) is 33.4 Å². The first-order chi connectivity index (χ1) is 15.2. The van der Waals surface area contributed by atoms with E-state index in [2.05, 4.69) is 5.32 Å². The monoisotopic (exact) mass is 444 g/mol. The second kappa shape index (κ2) is 8.29. The van der Waals surface area contributed by atoms with Crippen molar-refractivity contribution < 1.29 is 9.59 Å². The highest BCUT2D eigenvalue weighted by Gasteiger charge is 2.41. The minimum atomic E-state index is -0.394. The number of aryl methyl sites for hydroxylation is 4. The Morgan fingerprint density at radius 3 is 2.19 bits per heavy atom. The summed E-state index contributed by atoms with van der Waals surface area (Å²) in [5, 5.41) is 3.75. The molecule has 0 unspecified atom stereocenters. The van der Waals surface area contributed by atoms with Gasteiger partial charge in [-0.2, -0.15) is 0 Å². The van der Waals surface area contributed by atoms with Gasteiger partial charge in [0.2, 0.25) is 0 Å². The number of anilines is 2. The minimum absolute atomic E-state index is 0.270. The van der Waals surface area contributed by atoms with Crippen LogP contribution >= 0.6 is 11.6 Å². The first-order valence-corrected chi connectivity index (χ1v) is 10.9. The molecule has 0 spiro atoms. The number of halogens is 1. The van der Waals surface area contributed by atoms with Gasteiger partial charge in [0.15, 0.2) is 0 Å². The minimum Gasteiger partial charge on any atom is -0.350 e. The average molecular weight is 445 g/mol. The lowest BCUT2D eigenvalue weighted by Gasteiger charge is -2.18. The van der Waals surface area contributed by atoms with Crippen molar-refractivity contribution in [3.05, 3.63) is 98.7 Å². The smallest absolute Gasteiger partial charge is 0.282 e. The lowest BCUT2D eigenvalue weighted by Crippen LogP contribution is -2.33. The van der Waals surface area contributed by atoms with Gasteiger partial charge in [0.25, 0.3) is 11.8 Å². The first kappa shape index (κ1) is 21.8. The van der Waals surface area contributed by atoms with E-state index in [0.29, 0.717) is 21.8 Å². The molecule has 0 saturated carbocycles. The van der Waals surface area contributed by atoms with E-state index in [1.54, 1.807) is 12.1 Å². The van der Waals surface area contributed by atoms with Crippen LogP contribution in [-0.4, -0.2) is 11.8 Å². The Bertz CT molecular complexity index is 1310. The summed E-state index contributed by atoms with van der Waals surface area (Å²) in [4.78, 5) is 28.6. The van der Waals surface area contributed by atoms with E-state index in [1.165, 1.54) is 4.90 Å². The largest absolute Gasteiger partial charge is 0.350 e. The first-order valence-electron chi connectivity index (χ1n) is 10.5. The van der Waals surface area contributed by atoms with Crippen LogP contribution in [0.3, 0.4) is 0 Å². The van der Waals surface area contributed by atoms with Crippen LogP contribution in [0.2, 0.25) is 5.02 Å². The topological polar surface area (TPSA) is 49.4 Å². The van der Waals surface area contributed by atoms with Crippen LogP contribution in [0.4, 0.5) is 11.4 Å². The molecule has 0 atom stereocenters. The number of imide groups is 1. The van der Waals surface area contributed by atoms with Gasteiger partial charge >= 0.3 is 0 Å². The van der Waals surface area contributed by atoms with Crippen LogP contribution in [-0.2, 0) is 9.59 Å². The Morgan fingerprint density at radius 2 is 1.47 bits per heavy atom. The molecule has 3 aromatic carbocycles. The molecular formula is C27H25ClN2O2. The Morgan fingerprint density at radius 1 is 0.750 bits per heavy atom. The van der Waals surface area contributed by atoms with E-state index in [0.717, 1.165) is 33.5 Å². The van der Waals surface area contributed by atoms with Crippen molar-refractivity contribution in [3.63, 3.8) is 0 Å². The molecule has 4 rings (SSSR count). The standard InChI is InChI=1S/C27H25ClN2O2/c1-15-9-11-20(13-18(15)4)24-25(29-22-8-6-7-16(2)19(22)5)27(32)30(26(24)31)23-14-21(28)12-10-17(23)3/h6-14,29H,1-5H3. The molecule has 0 aliphatic carbocycles. The molecule has 1 heterocycles. The Balaban J connectivity index is 1.90. The zero-order valence-electron chi connectivity index (χ0n) is 18.8. The molecule has 3 aromatic rings. The van der Waals surface area contributed by atoms with Gasteiger partial charge in [0, 0.05) is 10.7 Å². The fraction of sp³-hybridized carbons (Fsp3) is 0.185. The summed E-state index contributed by atoms with van der Waals surface area (Å²) in [5.74, 6) is -0.758. The zero-order valence-corrected chi connectivity index (χ0v) is 19.6. The number of nitrogens with one attached hydrogen (secondary N) is 1. The van der Waals surface area contributed by atoms with Gasteiger partial charge in [-0.25, -0.2) is 4.90 Å². The van der Waals surface area contributed by atoms with Crippen LogP contribution < -0.4 is 10.2 Å². The summed E-state index contributed by atoms with van der Waals surface area (Å²) < 4.78 is 0. The van der Waals surface area contributed by atoms with Gasteiger partial charge in [-0.05, 0) is 86.2 Å². The Hall–Kier alpha value is -3.37. The molecule has 162 valence electrons. The molecule has 0 bridgehead atoms. The SMILES string of the molecule is Cc1ccc(C2=C(Nc3cccc(C)c3C)C(=O)N(c3cc(Cl)ccc3C)C2=O)cc1C. The molecule has 0 radical (unpaired) electrons. The summed E-state index contributed by atoms with van der Waals surface area (Å²) >= 11 is 6.21. The van der Waals surface area contributed by atoms with Crippen LogP contribution in [0, 0.1) is 34.6 Å². The number of carbonyl (C=O) groups excluding carboxylic acids is 2. The van der Waals surface area contributed by atoms with Crippen LogP contribution in [0.15, 0.2) is 60.3 Å². The molecule has 1 aliphatic rings. The lowest BCUT2D eigenvalue weighted by molar-refractivity contribution is -0.120. The lowest BCUT2D eigenvalue weighted by atomic mass is 9.99. The third kappa shape index (κ3) is 3.71. The van der Waals surface area contributed by atoms with Gasteiger partial charge in [-0.3, -0.25) is 9.59 Å². The van der Waals surface area contributed by atoms with Gasteiger partial charge in [-0.15, -0.1) is 0 Å². The highest BCUT2D eigenvalue weighted by molar-refractivity contribution is 6.46. The van der Waals surface area contributed by atoms with Gasteiger partial charge in [-0.1, -0.05) is 48.0 Å². The van der Waals surface area contributed by atoms with Crippen molar-refractivity contribution in [1.29, 1.82) is 0 Å². The fourth-order valence-electron chi connectivity index (χ4n) is 3.87. The molecule has 0 saturated heterocycles. The van der Waals surface area contributed by atoms with Crippen molar-refractivity contribution in [2.75, 3.05) is 10.2 Å². The zero-order chi connectivity index (χ0) is 23.2. The molecule has 5 heteroatoms. The highest BCUT2D eigenvalue weighted by atomic mass is 35.5. The number of benzene rings is 3. The number of carbonyl (C=O) groups is 2. The maximum atomic E-state index is 13.7. The van der Waals surface area contributed by atoms with Crippen molar-refractivity contribution in [2.24, 2.45) is 0 Å². The van der Waals surface area contributed by atoms with E-state index in [4.69, 9.17) is 11.6 Å². The predicted octanol–water partition coefficient (Wildman–Crippen LogP) is 6.28. The summed E-state index contributed by atoms with van der Waals surface area (Å²) in [6.07, 6.45) is 0. The third-order valence-corrected chi connectivity index (χ3v) is 6.39. The molecule has 4 nitrogen and oxygen atoms in total. The van der Waals surface area contributed by atoms with E-state index in [9.17, 15) is 9.59 Å². The number of amides is 2. The second-order valence-corrected chi connectivity index (χ2v) is 8.73. The maximum absolute atomic E-state index is 13.7. The van der Waals surface area contributed by atoms with Crippen molar-refractivity contribution in [2.45, 2.75) is 34.6 Å². The van der Waals surface area contributed by atoms with Gasteiger partial charge in [0.1, 0.15) is 5.70 Å². The van der Waals surface area contributed by atoms with Crippen molar-refractivity contribution >= 4 is 40.4 Å². The fourth-order valence-corrected chi connectivity index (χ4v) is 4.04.